The Morgan fingerprint density at radius 1 is 1.46 bits per heavy atom. The second kappa shape index (κ2) is 5.31. The van der Waals surface area contributed by atoms with E-state index in [1.807, 2.05) is 0 Å². The third kappa shape index (κ3) is 3.95. The molecular weight excluding hydrogens is 266 g/mol. The van der Waals surface area contributed by atoms with E-state index in [4.69, 9.17) is 9.84 Å². The summed E-state index contributed by atoms with van der Waals surface area (Å²) in [4.78, 5) is 0. The van der Waals surface area contributed by atoms with Crippen molar-refractivity contribution in [2.45, 2.75) is 0 Å². The van der Waals surface area contributed by atoms with Crippen molar-refractivity contribution in [1.82, 2.24) is 0 Å². The number of rotatable bonds is 4. The summed E-state index contributed by atoms with van der Waals surface area (Å²) in [5, 5.41) is 8.40. The van der Waals surface area contributed by atoms with Gasteiger partial charge in [0.1, 0.15) is 0 Å². The van der Waals surface area contributed by atoms with Crippen molar-refractivity contribution < 1.29 is 25.9 Å². The quantitative estimate of drug-likeness (QED) is 0.431. The molecule has 0 aliphatic carbocycles. The van der Waals surface area contributed by atoms with Crippen LogP contribution >= 0.6 is 7.14 Å². The van der Waals surface area contributed by atoms with Gasteiger partial charge in [-0.15, -0.1) is 0 Å². The summed E-state index contributed by atoms with van der Waals surface area (Å²) in [6, 6.07) is 0. The van der Waals surface area contributed by atoms with Crippen LogP contribution in [0, 0.1) is 0 Å². The van der Waals surface area contributed by atoms with Crippen LogP contribution in [0.15, 0.2) is 0 Å². The average molecular weight is 277 g/mol. The first-order valence-electron chi connectivity index (χ1n) is 3.60. The molecule has 0 atom stereocenters. The molecule has 0 aromatic heterocycles. The van der Waals surface area contributed by atoms with Gasteiger partial charge < -0.3 is 0 Å². The maximum absolute atomic E-state index is 11.7. The molecule has 6 nitrogen and oxygen atoms in total. The standard InChI is InChI=1S/C5H11O6PSe/c6-1-2-9-3-12(7)4-10-13(8)11-5-12/h6H,1-5H2. The van der Waals surface area contributed by atoms with E-state index < -0.39 is 21.6 Å². The fourth-order valence-electron chi connectivity index (χ4n) is 0.719. The van der Waals surface area contributed by atoms with Gasteiger partial charge in [-0.05, 0) is 0 Å². The van der Waals surface area contributed by atoms with Crippen molar-refractivity contribution >= 4 is 21.6 Å². The van der Waals surface area contributed by atoms with Crippen LogP contribution in [0.4, 0.5) is 0 Å². The van der Waals surface area contributed by atoms with Crippen LogP contribution in [-0.2, 0) is 20.8 Å². The molecule has 0 amide bonds. The number of aliphatic hydroxyl groups excluding tert-OH is 1. The van der Waals surface area contributed by atoms with Crippen molar-refractivity contribution in [3.8, 4) is 0 Å². The topological polar surface area (TPSA) is 82.1 Å². The number of aliphatic hydroxyl groups is 1. The minimum atomic E-state index is -2.63. The van der Waals surface area contributed by atoms with E-state index in [9.17, 15) is 8.40 Å². The zero-order valence-corrected chi connectivity index (χ0v) is 9.49. The van der Waals surface area contributed by atoms with Gasteiger partial charge in [-0.1, -0.05) is 0 Å². The summed E-state index contributed by atoms with van der Waals surface area (Å²) in [7, 11) is -2.63. The van der Waals surface area contributed by atoms with Crippen LogP contribution in [0.1, 0.15) is 0 Å². The Hall–Kier alpha value is 0.389. The van der Waals surface area contributed by atoms with Crippen LogP contribution < -0.4 is 0 Å². The van der Waals surface area contributed by atoms with Gasteiger partial charge in [0.15, 0.2) is 0 Å². The van der Waals surface area contributed by atoms with E-state index in [2.05, 4.69) is 7.64 Å². The summed E-state index contributed by atoms with van der Waals surface area (Å²) >= 11 is -2.62. The molecule has 0 radical (unpaired) electrons. The van der Waals surface area contributed by atoms with Gasteiger partial charge in [0, 0.05) is 0 Å². The molecule has 1 aliphatic heterocycles. The van der Waals surface area contributed by atoms with Crippen molar-refractivity contribution in [2.75, 3.05) is 32.3 Å². The first kappa shape index (κ1) is 11.5. The fraction of sp³-hybridized carbons (Fsp3) is 1.00. The van der Waals surface area contributed by atoms with Gasteiger partial charge in [0.25, 0.3) is 0 Å². The Morgan fingerprint density at radius 3 is 2.62 bits per heavy atom. The average Bonchev–Trinajstić information content (AvgIpc) is 2.12. The third-order valence-electron chi connectivity index (χ3n) is 1.33. The predicted molar refractivity (Wildman–Crippen MR) is 43.9 cm³/mol. The second-order valence-corrected chi connectivity index (χ2v) is 7.25. The molecule has 1 N–H and O–H groups in total. The molecule has 1 fully saturated rings. The van der Waals surface area contributed by atoms with Crippen LogP contribution in [0.5, 0.6) is 0 Å². The molecule has 1 aliphatic rings. The molecule has 1 heterocycles. The van der Waals surface area contributed by atoms with E-state index in [1.54, 1.807) is 0 Å². The summed E-state index contributed by atoms with van der Waals surface area (Å²) in [6.07, 6.45) is -0.0916. The number of hydrogen-bond acceptors (Lipinski definition) is 6. The van der Waals surface area contributed by atoms with E-state index >= 15 is 0 Å². The van der Waals surface area contributed by atoms with Crippen LogP contribution in [0.3, 0.4) is 0 Å². The Morgan fingerprint density at radius 2 is 2.08 bits per heavy atom. The number of hydrogen-bond donors (Lipinski definition) is 1. The Bertz CT molecular complexity index is 217. The fourth-order valence-corrected chi connectivity index (χ4v) is 5.61. The number of ether oxygens (including phenoxy) is 1. The maximum atomic E-state index is 11.7. The van der Waals surface area contributed by atoms with Crippen molar-refractivity contribution in [1.29, 1.82) is 0 Å². The molecule has 0 bridgehead atoms. The van der Waals surface area contributed by atoms with Crippen molar-refractivity contribution in [3.63, 3.8) is 0 Å². The zero-order valence-electron chi connectivity index (χ0n) is 6.88. The van der Waals surface area contributed by atoms with Gasteiger partial charge in [0.2, 0.25) is 0 Å². The van der Waals surface area contributed by atoms with E-state index in [-0.39, 0.29) is 32.3 Å². The Labute approximate surface area is 80.3 Å². The van der Waals surface area contributed by atoms with Gasteiger partial charge in [-0.25, -0.2) is 0 Å². The SMILES string of the molecule is O=[Se]1OCP(=O)(COCCO)CO1. The monoisotopic (exact) mass is 278 g/mol. The molecule has 0 aromatic carbocycles. The Balaban J connectivity index is 2.30. The van der Waals surface area contributed by atoms with E-state index in [1.165, 1.54) is 0 Å². The first-order chi connectivity index (χ1) is 6.16. The normalized spacial score (nSPS) is 34.7. The molecule has 0 aromatic rings. The molecule has 0 unspecified atom stereocenters. The summed E-state index contributed by atoms with van der Waals surface area (Å²) in [5.74, 6) is 0. The van der Waals surface area contributed by atoms with Crippen LogP contribution in [0.25, 0.3) is 0 Å². The van der Waals surface area contributed by atoms with Crippen LogP contribution in [0.2, 0.25) is 0 Å². The minimum absolute atomic E-state index is 0.00639. The summed E-state index contributed by atoms with van der Waals surface area (Å²) in [5.41, 5.74) is 0. The predicted octanol–water partition coefficient (Wildman–Crippen LogP) is -0.307. The van der Waals surface area contributed by atoms with Crippen LogP contribution in [-0.4, -0.2) is 51.9 Å². The van der Waals surface area contributed by atoms with Crippen molar-refractivity contribution in [2.24, 2.45) is 0 Å². The van der Waals surface area contributed by atoms with Gasteiger partial charge >= 0.3 is 79.8 Å². The van der Waals surface area contributed by atoms with E-state index in [0.717, 1.165) is 0 Å². The summed E-state index contributed by atoms with van der Waals surface area (Å²) in [6.45, 7) is 0.0286. The molecule has 13 heavy (non-hydrogen) atoms. The molecule has 0 spiro atoms. The molecule has 1 rings (SSSR count). The second-order valence-electron chi connectivity index (χ2n) is 2.52. The van der Waals surface area contributed by atoms with Gasteiger partial charge in [-0.2, -0.15) is 0 Å². The van der Waals surface area contributed by atoms with Crippen molar-refractivity contribution in [3.05, 3.63) is 0 Å². The first-order valence-corrected chi connectivity index (χ1v) is 7.96. The van der Waals surface area contributed by atoms with Gasteiger partial charge in [-0.3, -0.25) is 0 Å². The zero-order chi connectivity index (χ0) is 9.73. The van der Waals surface area contributed by atoms with E-state index in [0.29, 0.717) is 0 Å². The molecule has 8 heteroatoms. The molecule has 0 saturated carbocycles. The summed E-state index contributed by atoms with van der Waals surface area (Å²) < 4.78 is 36.6. The molecule has 78 valence electrons. The van der Waals surface area contributed by atoms with Gasteiger partial charge in [0.05, 0.1) is 0 Å². The third-order valence-corrected chi connectivity index (χ3v) is 5.27. The molecule has 1 saturated heterocycles. The molecular formula is C5H11O6PSe. The Kier molecular flexibility index (Phi) is 4.69.